The van der Waals surface area contributed by atoms with Crippen molar-refractivity contribution in [3.63, 3.8) is 0 Å². The maximum Gasteiger partial charge on any atom is 0.124 e. The van der Waals surface area contributed by atoms with Crippen LogP contribution in [0.5, 0.6) is 5.75 Å². The first kappa shape index (κ1) is 11.3. The molecule has 0 saturated heterocycles. The molecule has 0 aliphatic carbocycles. The molecule has 1 aromatic carbocycles. The van der Waals surface area contributed by atoms with Crippen LogP contribution >= 0.6 is 0 Å². The second kappa shape index (κ2) is 3.59. The van der Waals surface area contributed by atoms with Crippen molar-refractivity contribution in [2.75, 3.05) is 12.3 Å². The Kier molecular flexibility index (Phi) is 2.25. The average molecular weight is 244 g/mol. The monoisotopic (exact) mass is 244 g/mol. The first-order valence-corrected chi connectivity index (χ1v) is 6.04. The summed E-state index contributed by atoms with van der Waals surface area (Å²) in [7, 11) is 0. The fraction of sp³-hybridized carbons (Fsp3) is 0.357. The van der Waals surface area contributed by atoms with Crippen LogP contribution in [0, 0.1) is 0 Å². The summed E-state index contributed by atoms with van der Waals surface area (Å²) in [5.74, 6) is 0.890. The number of hydrogen-bond acceptors (Lipinski definition) is 4. The lowest BCUT2D eigenvalue weighted by atomic mass is 10.0. The fourth-order valence-electron chi connectivity index (χ4n) is 2.36. The molecule has 18 heavy (non-hydrogen) atoms. The van der Waals surface area contributed by atoms with E-state index in [1.54, 1.807) is 13.8 Å². The van der Waals surface area contributed by atoms with E-state index in [0.717, 1.165) is 29.7 Å². The molecule has 3 N–H and O–H groups in total. The van der Waals surface area contributed by atoms with Crippen LogP contribution in [-0.2, 0) is 12.0 Å². The van der Waals surface area contributed by atoms with Crippen LogP contribution < -0.4 is 10.5 Å². The molecular weight excluding hydrogens is 228 g/mol. The summed E-state index contributed by atoms with van der Waals surface area (Å²) < 4.78 is 5.53. The largest absolute Gasteiger partial charge is 0.493 e. The van der Waals surface area contributed by atoms with Crippen molar-refractivity contribution in [3.8, 4) is 5.75 Å². The van der Waals surface area contributed by atoms with Gasteiger partial charge < -0.3 is 15.6 Å². The number of anilines is 1. The highest BCUT2D eigenvalue weighted by Gasteiger charge is 2.22. The number of nitrogens with two attached hydrogens (primary N) is 1. The van der Waals surface area contributed by atoms with Crippen molar-refractivity contribution in [3.05, 3.63) is 29.5 Å². The third kappa shape index (κ3) is 1.69. The number of benzene rings is 1. The van der Waals surface area contributed by atoms with E-state index in [4.69, 9.17) is 10.5 Å². The Morgan fingerprint density at radius 3 is 2.83 bits per heavy atom. The molecule has 0 unspecified atom stereocenters. The highest BCUT2D eigenvalue weighted by molar-refractivity contribution is 5.85. The Morgan fingerprint density at radius 2 is 2.11 bits per heavy atom. The molecule has 0 radical (unpaired) electrons. The van der Waals surface area contributed by atoms with Crippen LogP contribution in [0.1, 0.15) is 25.1 Å². The molecule has 3 rings (SSSR count). The Labute approximate surface area is 105 Å². The minimum Gasteiger partial charge on any atom is -0.493 e. The minimum atomic E-state index is -1.04. The molecule has 94 valence electrons. The Balaban J connectivity index is 2.26. The van der Waals surface area contributed by atoms with Gasteiger partial charge in [0.1, 0.15) is 11.4 Å². The highest BCUT2D eigenvalue weighted by Crippen LogP contribution is 2.33. The van der Waals surface area contributed by atoms with E-state index < -0.39 is 5.60 Å². The second-order valence-electron chi connectivity index (χ2n) is 5.24. The molecule has 0 fully saturated rings. The Bertz CT molecular complexity index is 630. The van der Waals surface area contributed by atoms with Crippen molar-refractivity contribution >= 4 is 16.6 Å². The van der Waals surface area contributed by atoms with Crippen LogP contribution in [0.4, 0.5) is 5.69 Å². The maximum atomic E-state index is 10.0. The number of rotatable bonds is 1. The summed E-state index contributed by atoms with van der Waals surface area (Å²) in [6, 6.07) is 5.86. The van der Waals surface area contributed by atoms with Gasteiger partial charge in [-0.1, -0.05) is 0 Å². The topological polar surface area (TPSA) is 68.4 Å². The predicted molar refractivity (Wildman–Crippen MR) is 70.6 cm³/mol. The quantitative estimate of drug-likeness (QED) is 0.804. The number of pyridine rings is 1. The minimum absolute atomic E-state index is 0.507. The van der Waals surface area contributed by atoms with E-state index >= 15 is 0 Å². The molecule has 0 atom stereocenters. The molecule has 1 aliphatic rings. The van der Waals surface area contributed by atoms with E-state index in [2.05, 4.69) is 11.1 Å². The third-order valence-corrected chi connectivity index (χ3v) is 3.23. The molecule has 4 nitrogen and oxygen atoms in total. The molecule has 4 heteroatoms. The van der Waals surface area contributed by atoms with Gasteiger partial charge in [-0.15, -0.1) is 0 Å². The predicted octanol–water partition coefficient (Wildman–Crippen LogP) is 1.98. The van der Waals surface area contributed by atoms with Crippen LogP contribution in [0.15, 0.2) is 18.2 Å². The van der Waals surface area contributed by atoms with Gasteiger partial charge in [0, 0.05) is 17.9 Å². The SMILES string of the molecule is CC(C)(O)c1nc2cc3c(cc2cc1N)CCO3. The molecule has 2 heterocycles. The van der Waals surface area contributed by atoms with Crippen LogP contribution in [0.2, 0.25) is 0 Å². The number of hydrogen-bond donors (Lipinski definition) is 2. The van der Waals surface area contributed by atoms with E-state index in [1.807, 2.05) is 12.1 Å². The second-order valence-corrected chi connectivity index (χ2v) is 5.24. The number of nitrogen functional groups attached to an aromatic ring is 1. The normalized spacial score (nSPS) is 14.6. The number of aliphatic hydroxyl groups is 1. The third-order valence-electron chi connectivity index (χ3n) is 3.23. The number of aromatic nitrogens is 1. The first-order chi connectivity index (χ1) is 8.45. The number of nitrogens with zero attached hydrogens (tertiary/aromatic N) is 1. The van der Waals surface area contributed by atoms with Gasteiger partial charge >= 0.3 is 0 Å². The lowest BCUT2D eigenvalue weighted by Gasteiger charge is -2.19. The number of fused-ring (bicyclic) bond motifs is 2. The van der Waals surface area contributed by atoms with Gasteiger partial charge in [0.25, 0.3) is 0 Å². The van der Waals surface area contributed by atoms with E-state index in [0.29, 0.717) is 11.4 Å². The van der Waals surface area contributed by atoms with Crippen molar-refractivity contribution in [2.45, 2.75) is 25.9 Å². The zero-order valence-electron chi connectivity index (χ0n) is 10.5. The van der Waals surface area contributed by atoms with Gasteiger partial charge in [-0.25, -0.2) is 4.98 Å². The summed E-state index contributed by atoms with van der Waals surface area (Å²) in [6.45, 7) is 4.09. The van der Waals surface area contributed by atoms with Crippen LogP contribution in [0.25, 0.3) is 10.9 Å². The van der Waals surface area contributed by atoms with Crippen LogP contribution in [0.3, 0.4) is 0 Å². The van der Waals surface area contributed by atoms with Crippen molar-refractivity contribution in [1.29, 1.82) is 0 Å². The summed E-state index contributed by atoms with van der Waals surface area (Å²) >= 11 is 0. The van der Waals surface area contributed by atoms with Gasteiger partial charge in [-0.05, 0) is 31.5 Å². The fourth-order valence-corrected chi connectivity index (χ4v) is 2.36. The zero-order valence-corrected chi connectivity index (χ0v) is 10.5. The molecule has 1 aliphatic heterocycles. The van der Waals surface area contributed by atoms with Gasteiger partial charge in [-0.3, -0.25) is 0 Å². The van der Waals surface area contributed by atoms with E-state index in [-0.39, 0.29) is 0 Å². The molecule has 0 spiro atoms. The molecular formula is C14H16N2O2. The lowest BCUT2D eigenvalue weighted by molar-refractivity contribution is 0.0751. The molecule has 0 amide bonds. The first-order valence-electron chi connectivity index (χ1n) is 6.04. The van der Waals surface area contributed by atoms with Gasteiger partial charge in [-0.2, -0.15) is 0 Å². The van der Waals surface area contributed by atoms with Gasteiger partial charge in [0.2, 0.25) is 0 Å². The summed E-state index contributed by atoms with van der Waals surface area (Å²) in [5.41, 5.74) is 7.95. The van der Waals surface area contributed by atoms with E-state index in [1.165, 1.54) is 5.56 Å². The lowest BCUT2D eigenvalue weighted by Crippen LogP contribution is -2.19. The van der Waals surface area contributed by atoms with Crippen molar-refractivity contribution in [2.24, 2.45) is 0 Å². The summed E-state index contributed by atoms with van der Waals surface area (Å²) in [6.07, 6.45) is 0.929. The van der Waals surface area contributed by atoms with E-state index in [9.17, 15) is 5.11 Å². The smallest absolute Gasteiger partial charge is 0.124 e. The highest BCUT2D eigenvalue weighted by atomic mass is 16.5. The summed E-state index contributed by atoms with van der Waals surface area (Å²) in [4.78, 5) is 4.47. The Hall–Kier alpha value is -1.81. The standard InChI is InChI=1S/C14H16N2O2/c1-14(2,17)13-10(15)6-9-5-8-3-4-18-12(8)7-11(9)16-13/h5-7,17H,3-4,15H2,1-2H3. The van der Waals surface area contributed by atoms with Crippen molar-refractivity contribution < 1.29 is 9.84 Å². The van der Waals surface area contributed by atoms with Gasteiger partial charge in [0.05, 0.1) is 23.5 Å². The molecule has 0 bridgehead atoms. The molecule has 2 aromatic rings. The van der Waals surface area contributed by atoms with Gasteiger partial charge in [0.15, 0.2) is 0 Å². The van der Waals surface area contributed by atoms with Crippen LogP contribution in [-0.4, -0.2) is 16.7 Å². The molecule has 1 aromatic heterocycles. The zero-order chi connectivity index (χ0) is 12.9. The molecule has 0 saturated carbocycles. The Morgan fingerprint density at radius 1 is 1.33 bits per heavy atom. The number of ether oxygens (including phenoxy) is 1. The van der Waals surface area contributed by atoms with Crippen molar-refractivity contribution in [1.82, 2.24) is 4.98 Å². The summed E-state index contributed by atoms with van der Waals surface area (Å²) in [5, 5.41) is 11.0. The average Bonchev–Trinajstić information content (AvgIpc) is 2.70. The maximum absolute atomic E-state index is 10.0.